The van der Waals surface area contributed by atoms with E-state index in [4.69, 9.17) is 0 Å². The molecule has 2 fully saturated rings. The van der Waals surface area contributed by atoms with Crippen molar-refractivity contribution in [3.63, 3.8) is 0 Å². The molecule has 3 rings (SSSR count). The number of halogens is 3. The number of carbonyl (C=O) groups excluding carboxylic acids is 2. The van der Waals surface area contributed by atoms with E-state index in [1.807, 2.05) is 0 Å². The predicted molar refractivity (Wildman–Crippen MR) is 91.7 cm³/mol. The van der Waals surface area contributed by atoms with Crippen LogP contribution in [0.25, 0.3) is 0 Å². The number of carbonyl (C=O) groups is 2. The third kappa shape index (κ3) is 4.27. The number of hydrogen-bond acceptors (Lipinski definition) is 3. The summed E-state index contributed by atoms with van der Waals surface area (Å²) in [6.07, 6.45) is 1.87. The van der Waals surface area contributed by atoms with Gasteiger partial charge in [0.2, 0.25) is 5.91 Å². The Morgan fingerprint density at radius 2 is 1.64 bits per heavy atom. The summed E-state index contributed by atoms with van der Waals surface area (Å²) in [6, 6.07) is 3.38. The highest BCUT2D eigenvalue weighted by Crippen LogP contribution is 2.18. The van der Waals surface area contributed by atoms with Gasteiger partial charge in [-0.3, -0.25) is 9.59 Å². The van der Waals surface area contributed by atoms with E-state index in [1.54, 1.807) is 4.90 Å². The molecule has 25 heavy (non-hydrogen) atoms. The lowest BCUT2D eigenvalue weighted by molar-refractivity contribution is -0.137. The van der Waals surface area contributed by atoms with Crippen LogP contribution in [0, 0.1) is 17.6 Å². The molecule has 2 saturated heterocycles. The van der Waals surface area contributed by atoms with Crippen molar-refractivity contribution in [2.24, 2.45) is 5.92 Å². The molecule has 2 heterocycles. The van der Waals surface area contributed by atoms with Crippen LogP contribution < -0.4 is 5.32 Å². The van der Waals surface area contributed by atoms with Crippen molar-refractivity contribution in [2.45, 2.75) is 12.8 Å². The van der Waals surface area contributed by atoms with Crippen molar-refractivity contribution in [1.82, 2.24) is 15.1 Å². The van der Waals surface area contributed by atoms with E-state index in [1.165, 1.54) is 11.0 Å². The second kappa shape index (κ2) is 8.58. The molecule has 0 aliphatic carbocycles. The average molecular weight is 374 g/mol. The molecule has 1 aromatic rings. The second-order valence-electron chi connectivity index (χ2n) is 6.26. The largest absolute Gasteiger partial charge is 0.339 e. The number of hydrogen-bond donors (Lipinski definition) is 1. The minimum Gasteiger partial charge on any atom is -0.339 e. The Labute approximate surface area is 151 Å². The minimum absolute atomic E-state index is 0. The molecule has 0 saturated carbocycles. The normalized spacial score (nSPS) is 20.8. The molecule has 0 bridgehead atoms. The number of amides is 2. The molecule has 138 valence electrons. The van der Waals surface area contributed by atoms with Crippen LogP contribution in [-0.4, -0.2) is 60.9 Å². The van der Waals surface area contributed by atoms with E-state index in [-0.39, 0.29) is 24.2 Å². The minimum atomic E-state index is -0.855. The van der Waals surface area contributed by atoms with Crippen LogP contribution in [0.5, 0.6) is 0 Å². The molecule has 1 N–H and O–H groups in total. The number of nitrogens with zero attached hydrogens (tertiary/aromatic N) is 2. The van der Waals surface area contributed by atoms with Gasteiger partial charge >= 0.3 is 0 Å². The molecule has 2 aliphatic heterocycles. The molecule has 0 spiro atoms. The quantitative estimate of drug-likeness (QED) is 0.858. The monoisotopic (exact) mass is 373 g/mol. The maximum atomic E-state index is 13.7. The summed E-state index contributed by atoms with van der Waals surface area (Å²) in [4.78, 5) is 28.0. The lowest BCUT2D eigenvalue weighted by Gasteiger charge is -2.37. The second-order valence-corrected chi connectivity index (χ2v) is 6.26. The summed E-state index contributed by atoms with van der Waals surface area (Å²) in [5.41, 5.74) is -0.520. The van der Waals surface area contributed by atoms with Crippen LogP contribution in [0.3, 0.4) is 0 Å². The van der Waals surface area contributed by atoms with Gasteiger partial charge in [-0.05, 0) is 31.5 Å². The van der Waals surface area contributed by atoms with Crippen molar-refractivity contribution in [1.29, 1.82) is 0 Å². The SMILES string of the molecule is Cl.O=C(c1c(F)cccc1F)N1CCN(C(=O)C2CCCNC2)CC1. The zero-order valence-electron chi connectivity index (χ0n) is 13.8. The third-order valence-corrected chi connectivity index (χ3v) is 4.70. The lowest BCUT2D eigenvalue weighted by Crippen LogP contribution is -2.53. The molecular weight excluding hydrogens is 352 g/mol. The third-order valence-electron chi connectivity index (χ3n) is 4.70. The highest BCUT2D eigenvalue weighted by atomic mass is 35.5. The van der Waals surface area contributed by atoms with Gasteiger partial charge in [0.15, 0.2) is 0 Å². The van der Waals surface area contributed by atoms with Gasteiger partial charge in [0.05, 0.1) is 5.92 Å². The Bertz CT molecular complexity index is 610. The van der Waals surface area contributed by atoms with Gasteiger partial charge in [0.25, 0.3) is 5.91 Å². The van der Waals surface area contributed by atoms with Gasteiger partial charge in [-0.2, -0.15) is 0 Å². The maximum Gasteiger partial charge on any atom is 0.259 e. The fourth-order valence-corrected chi connectivity index (χ4v) is 3.31. The van der Waals surface area contributed by atoms with Crippen molar-refractivity contribution in [3.8, 4) is 0 Å². The molecule has 2 amide bonds. The Morgan fingerprint density at radius 1 is 1.04 bits per heavy atom. The first-order valence-electron chi connectivity index (χ1n) is 8.30. The number of piperazine rings is 1. The molecule has 0 radical (unpaired) electrons. The highest BCUT2D eigenvalue weighted by Gasteiger charge is 2.31. The number of rotatable bonds is 2. The van der Waals surface area contributed by atoms with Gasteiger partial charge in [0.1, 0.15) is 17.2 Å². The molecular formula is C17H22ClF2N3O2. The van der Waals surface area contributed by atoms with Gasteiger partial charge in [-0.1, -0.05) is 6.07 Å². The van der Waals surface area contributed by atoms with Crippen molar-refractivity contribution >= 4 is 24.2 Å². The van der Waals surface area contributed by atoms with E-state index in [0.717, 1.165) is 31.5 Å². The molecule has 1 atom stereocenters. The number of benzene rings is 1. The number of piperidine rings is 1. The first kappa shape index (κ1) is 19.6. The summed E-state index contributed by atoms with van der Waals surface area (Å²) in [6.45, 7) is 3.02. The zero-order valence-corrected chi connectivity index (χ0v) is 14.7. The number of nitrogens with one attached hydrogen (secondary N) is 1. The molecule has 1 aromatic carbocycles. The van der Waals surface area contributed by atoms with Crippen LogP contribution >= 0.6 is 12.4 Å². The molecule has 0 aromatic heterocycles. The summed E-state index contributed by atoms with van der Waals surface area (Å²) in [7, 11) is 0. The van der Waals surface area contributed by atoms with Gasteiger partial charge in [-0.25, -0.2) is 8.78 Å². The van der Waals surface area contributed by atoms with E-state index in [0.29, 0.717) is 32.7 Å². The fraction of sp³-hybridized carbons (Fsp3) is 0.529. The highest BCUT2D eigenvalue weighted by molar-refractivity contribution is 5.95. The van der Waals surface area contributed by atoms with Crippen molar-refractivity contribution < 1.29 is 18.4 Å². The summed E-state index contributed by atoms with van der Waals surface area (Å²) >= 11 is 0. The van der Waals surface area contributed by atoms with Crippen LogP contribution in [-0.2, 0) is 4.79 Å². The van der Waals surface area contributed by atoms with Crippen LogP contribution in [0.4, 0.5) is 8.78 Å². The summed E-state index contributed by atoms with van der Waals surface area (Å²) in [5, 5.41) is 3.22. The summed E-state index contributed by atoms with van der Waals surface area (Å²) in [5.74, 6) is -2.27. The van der Waals surface area contributed by atoms with Gasteiger partial charge in [-0.15, -0.1) is 12.4 Å². The molecule has 5 nitrogen and oxygen atoms in total. The van der Waals surface area contributed by atoms with Crippen molar-refractivity contribution in [2.75, 3.05) is 39.3 Å². The van der Waals surface area contributed by atoms with Crippen molar-refractivity contribution in [3.05, 3.63) is 35.4 Å². The smallest absolute Gasteiger partial charge is 0.259 e. The van der Waals surface area contributed by atoms with E-state index in [2.05, 4.69) is 5.32 Å². The van der Waals surface area contributed by atoms with Crippen LogP contribution in [0.15, 0.2) is 18.2 Å². The molecule has 8 heteroatoms. The first-order chi connectivity index (χ1) is 11.6. The Morgan fingerprint density at radius 3 is 2.20 bits per heavy atom. The lowest BCUT2D eigenvalue weighted by atomic mass is 9.98. The zero-order chi connectivity index (χ0) is 17.1. The maximum absolute atomic E-state index is 13.7. The fourth-order valence-electron chi connectivity index (χ4n) is 3.31. The standard InChI is InChI=1S/C17H21F2N3O2.ClH/c18-13-4-1-5-14(19)15(13)17(24)22-9-7-21(8-10-22)16(23)12-3-2-6-20-11-12;/h1,4-5,12,20H,2-3,6-11H2;1H. The Balaban J connectivity index is 0.00000225. The average Bonchev–Trinajstić information content (AvgIpc) is 2.62. The topological polar surface area (TPSA) is 52.7 Å². The van der Waals surface area contributed by atoms with E-state index < -0.39 is 23.1 Å². The summed E-state index contributed by atoms with van der Waals surface area (Å²) < 4.78 is 27.5. The Hall–Kier alpha value is -1.73. The predicted octanol–water partition coefficient (Wildman–Crippen LogP) is 1.67. The van der Waals surface area contributed by atoms with E-state index >= 15 is 0 Å². The Kier molecular flexibility index (Phi) is 6.72. The van der Waals surface area contributed by atoms with Crippen LogP contribution in [0.2, 0.25) is 0 Å². The van der Waals surface area contributed by atoms with Gasteiger partial charge in [0, 0.05) is 32.7 Å². The van der Waals surface area contributed by atoms with Gasteiger partial charge < -0.3 is 15.1 Å². The molecule has 1 unspecified atom stereocenters. The van der Waals surface area contributed by atoms with Crippen LogP contribution in [0.1, 0.15) is 23.2 Å². The van der Waals surface area contributed by atoms with E-state index in [9.17, 15) is 18.4 Å². The first-order valence-corrected chi connectivity index (χ1v) is 8.30. The molecule has 2 aliphatic rings.